The van der Waals surface area contributed by atoms with Crippen LogP contribution in [0.25, 0.3) is 82.8 Å². The lowest BCUT2D eigenvalue weighted by Crippen LogP contribution is -1.93. The van der Waals surface area contributed by atoms with E-state index in [9.17, 15) is 0 Å². The second kappa shape index (κ2) is 17.1. The van der Waals surface area contributed by atoms with E-state index in [1.165, 1.54) is 123 Å². The molecule has 0 aliphatic heterocycles. The van der Waals surface area contributed by atoms with Crippen molar-refractivity contribution in [2.45, 2.75) is 60.3 Å². The summed E-state index contributed by atoms with van der Waals surface area (Å²) in [5.74, 6) is 0. The zero-order valence-electron chi connectivity index (χ0n) is 36.3. The maximum Gasteiger partial charge on any atom is -0.00134 e. The van der Waals surface area contributed by atoms with Gasteiger partial charge in [0.05, 0.1) is 0 Å². The van der Waals surface area contributed by atoms with Gasteiger partial charge in [-0.1, -0.05) is 189 Å². The van der Waals surface area contributed by atoms with Crippen molar-refractivity contribution in [2.75, 3.05) is 0 Å². The van der Waals surface area contributed by atoms with Crippen LogP contribution in [0.4, 0.5) is 0 Å². The van der Waals surface area contributed by atoms with Crippen LogP contribution in [0.15, 0.2) is 199 Å². The molecule has 0 nitrogen and oxygen atoms in total. The Morgan fingerprint density at radius 2 is 0.951 bits per heavy atom. The highest BCUT2D eigenvalue weighted by Crippen LogP contribution is 2.47. The van der Waals surface area contributed by atoms with Gasteiger partial charge in [0.2, 0.25) is 0 Å². The molecular weight excluding hydrogens is 733 g/mol. The highest BCUT2D eigenvalue weighted by Gasteiger charge is 2.23. The molecule has 11 rings (SSSR count). The minimum absolute atomic E-state index is 1.01. The van der Waals surface area contributed by atoms with Crippen molar-refractivity contribution in [3.05, 3.63) is 222 Å². The molecule has 0 spiro atoms. The summed E-state index contributed by atoms with van der Waals surface area (Å²) >= 11 is 0. The van der Waals surface area contributed by atoms with Gasteiger partial charge in [-0.3, -0.25) is 0 Å². The Kier molecular flexibility index (Phi) is 11.1. The van der Waals surface area contributed by atoms with Crippen molar-refractivity contribution < 1.29 is 0 Å². The third kappa shape index (κ3) is 7.42. The van der Waals surface area contributed by atoms with Crippen LogP contribution >= 0.6 is 0 Å². The summed E-state index contributed by atoms with van der Waals surface area (Å²) in [5, 5.41) is 5.13. The standard InChI is InChI=1S/C52H36.C7H12.C2H6/c1-3-11-33(12-4-1)51-45-25-23-38(36-20-22-42-28-40-16-8-10-18-44(40)48(42)30-36)32-50(45)52(34-13-5-2-6-14-34)46-26-24-37(31-49(46)51)35-19-21-41-27-39-15-7-9-17-43(39)47(41)29-35;1-5-7(4)6(2)3;1-2/h1-7,9-15,17-26,29-32H,8,16,27-28H2;5H,1H2,2-4H3;1-2H3. The molecule has 0 unspecified atom stereocenters. The fourth-order valence-corrected chi connectivity index (χ4v) is 9.49. The maximum absolute atomic E-state index is 3.62. The summed E-state index contributed by atoms with van der Waals surface area (Å²) in [5.41, 5.74) is 24.2. The predicted molar refractivity (Wildman–Crippen MR) is 266 cm³/mol. The van der Waals surface area contributed by atoms with Crippen molar-refractivity contribution in [1.82, 2.24) is 0 Å². The Morgan fingerprint density at radius 3 is 1.51 bits per heavy atom. The van der Waals surface area contributed by atoms with E-state index in [1.807, 2.05) is 19.9 Å². The molecule has 0 atom stereocenters. The van der Waals surface area contributed by atoms with E-state index in [4.69, 9.17) is 0 Å². The molecule has 61 heavy (non-hydrogen) atoms. The van der Waals surface area contributed by atoms with Crippen LogP contribution in [-0.4, -0.2) is 0 Å². The largest absolute Gasteiger partial charge is 0.0988 e. The topological polar surface area (TPSA) is 0 Å². The van der Waals surface area contributed by atoms with E-state index in [0.717, 1.165) is 19.3 Å². The summed E-state index contributed by atoms with van der Waals surface area (Å²) in [6, 6.07) is 59.4. The van der Waals surface area contributed by atoms with Crippen molar-refractivity contribution in [2.24, 2.45) is 0 Å². The number of allylic oxidation sites excluding steroid dienone is 7. The highest BCUT2D eigenvalue weighted by atomic mass is 14.3. The molecule has 0 heterocycles. The van der Waals surface area contributed by atoms with Crippen molar-refractivity contribution in [3.8, 4) is 55.6 Å². The van der Waals surface area contributed by atoms with E-state index in [-0.39, 0.29) is 0 Å². The summed E-state index contributed by atoms with van der Waals surface area (Å²) in [6.45, 7) is 13.8. The summed E-state index contributed by atoms with van der Waals surface area (Å²) in [4.78, 5) is 0. The lowest BCUT2D eigenvalue weighted by Gasteiger charge is -2.20. The van der Waals surface area contributed by atoms with Crippen molar-refractivity contribution in [3.63, 3.8) is 0 Å². The Morgan fingerprint density at radius 1 is 0.459 bits per heavy atom. The van der Waals surface area contributed by atoms with Gasteiger partial charge < -0.3 is 0 Å². The van der Waals surface area contributed by atoms with Crippen LogP contribution in [0.1, 0.15) is 69.7 Å². The second-order valence-electron chi connectivity index (χ2n) is 16.6. The normalized spacial score (nSPS) is 13.0. The fraction of sp³-hybridized carbons (Fsp3) is 0.148. The molecule has 0 N–H and O–H groups in total. The molecule has 0 saturated heterocycles. The summed E-state index contributed by atoms with van der Waals surface area (Å²) in [7, 11) is 0. The van der Waals surface area contributed by atoms with Gasteiger partial charge in [-0.25, -0.2) is 0 Å². The molecule has 0 heteroatoms. The first-order valence-corrected chi connectivity index (χ1v) is 22.1. The molecule has 0 amide bonds. The van der Waals surface area contributed by atoms with Crippen LogP contribution in [0, 0.1) is 0 Å². The summed E-state index contributed by atoms with van der Waals surface area (Å²) in [6.07, 6.45) is 11.0. The van der Waals surface area contributed by atoms with E-state index >= 15 is 0 Å². The van der Waals surface area contributed by atoms with Gasteiger partial charge in [0.25, 0.3) is 0 Å². The van der Waals surface area contributed by atoms with Gasteiger partial charge >= 0.3 is 0 Å². The molecule has 8 aromatic carbocycles. The van der Waals surface area contributed by atoms with Crippen LogP contribution in [0.5, 0.6) is 0 Å². The van der Waals surface area contributed by atoms with Gasteiger partial charge in [0.1, 0.15) is 0 Å². The highest BCUT2D eigenvalue weighted by molar-refractivity contribution is 6.22. The molecule has 0 radical (unpaired) electrons. The molecule has 3 aliphatic rings. The van der Waals surface area contributed by atoms with Crippen LogP contribution in [0.2, 0.25) is 0 Å². The average molecular weight is 787 g/mol. The third-order valence-corrected chi connectivity index (χ3v) is 12.9. The van der Waals surface area contributed by atoms with E-state index in [0.29, 0.717) is 0 Å². The van der Waals surface area contributed by atoms with E-state index in [2.05, 4.69) is 197 Å². The lowest BCUT2D eigenvalue weighted by molar-refractivity contribution is 0.935. The minimum atomic E-state index is 1.01. The molecule has 0 fully saturated rings. The third-order valence-electron chi connectivity index (χ3n) is 12.9. The van der Waals surface area contributed by atoms with Gasteiger partial charge in [-0.2, -0.15) is 0 Å². The van der Waals surface area contributed by atoms with Gasteiger partial charge in [0, 0.05) is 0 Å². The van der Waals surface area contributed by atoms with Crippen LogP contribution < -0.4 is 0 Å². The number of rotatable bonds is 5. The smallest absolute Gasteiger partial charge is 0.00134 e. The predicted octanol–water partition coefficient (Wildman–Crippen LogP) is 17.4. The molecular formula is C61H54. The monoisotopic (exact) mass is 786 g/mol. The minimum Gasteiger partial charge on any atom is -0.0988 e. The number of hydrogen-bond donors (Lipinski definition) is 0. The first kappa shape index (κ1) is 39.7. The molecule has 8 aromatic rings. The Labute approximate surface area is 363 Å². The zero-order valence-corrected chi connectivity index (χ0v) is 36.3. The first-order valence-electron chi connectivity index (χ1n) is 22.1. The first-order chi connectivity index (χ1) is 29.9. The zero-order chi connectivity index (χ0) is 42.0. The quantitative estimate of drug-likeness (QED) is 0.120. The lowest BCUT2D eigenvalue weighted by atomic mass is 9.83. The van der Waals surface area contributed by atoms with Crippen molar-refractivity contribution in [1.29, 1.82) is 0 Å². The Bertz CT molecular complexity index is 3050. The number of benzene rings is 8. The van der Waals surface area contributed by atoms with Crippen LogP contribution in [-0.2, 0) is 12.8 Å². The fourth-order valence-electron chi connectivity index (χ4n) is 9.49. The van der Waals surface area contributed by atoms with Gasteiger partial charge in [-0.05, 0) is 176 Å². The Balaban J connectivity index is 0.000000484. The number of hydrogen-bond acceptors (Lipinski definition) is 0. The van der Waals surface area contributed by atoms with Gasteiger partial charge in [0.15, 0.2) is 0 Å². The second-order valence-corrected chi connectivity index (χ2v) is 16.6. The molecule has 3 aliphatic carbocycles. The Hall–Kier alpha value is -6.76. The van der Waals surface area contributed by atoms with E-state index < -0.39 is 0 Å². The van der Waals surface area contributed by atoms with Gasteiger partial charge in [-0.15, -0.1) is 0 Å². The summed E-state index contributed by atoms with van der Waals surface area (Å²) < 4.78 is 0. The molecule has 0 saturated carbocycles. The van der Waals surface area contributed by atoms with Crippen LogP contribution in [0.3, 0.4) is 0 Å². The van der Waals surface area contributed by atoms with Crippen molar-refractivity contribution >= 4 is 27.1 Å². The molecule has 298 valence electrons. The maximum atomic E-state index is 3.62. The van der Waals surface area contributed by atoms with E-state index in [1.54, 1.807) is 5.57 Å². The number of fused-ring (bicyclic) bond motifs is 7. The average Bonchev–Trinajstić information content (AvgIpc) is 3.89. The molecule has 0 aromatic heterocycles. The SMILES string of the molecule is C1=CC2=C(CC1)Cc1ccc(-c3ccc4c(-c5ccccc5)c5cc(-c6ccc7c(c6)-c6ccccc6C7)ccc5c(-c5ccccc5)c4c3)cc12.C=CC(C)=C(C)C.CC. The molecule has 0 bridgehead atoms.